The monoisotopic (exact) mass is 254 g/mol. The average Bonchev–Trinajstić information content (AvgIpc) is 2.29. The SMILES string of the molecule is O=C(O)C1CCC(O)(c2cccc(Cl)c2)CC1. The lowest BCUT2D eigenvalue weighted by atomic mass is 9.75. The molecule has 1 aromatic rings. The molecule has 1 aromatic carbocycles. The minimum Gasteiger partial charge on any atom is -0.481 e. The van der Waals surface area contributed by atoms with Gasteiger partial charge >= 0.3 is 5.97 Å². The average molecular weight is 255 g/mol. The molecule has 92 valence electrons. The lowest BCUT2D eigenvalue weighted by Crippen LogP contribution is -2.33. The number of rotatable bonds is 2. The summed E-state index contributed by atoms with van der Waals surface area (Å²) in [6.07, 6.45) is 1.98. The third-order valence-electron chi connectivity index (χ3n) is 3.52. The fraction of sp³-hybridized carbons (Fsp3) is 0.462. The topological polar surface area (TPSA) is 57.5 Å². The molecule has 0 heterocycles. The summed E-state index contributed by atoms with van der Waals surface area (Å²) in [5.74, 6) is -1.09. The number of benzene rings is 1. The highest BCUT2D eigenvalue weighted by Gasteiger charge is 2.37. The van der Waals surface area contributed by atoms with Crippen LogP contribution in [-0.4, -0.2) is 16.2 Å². The number of hydrogen-bond acceptors (Lipinski definition) is 2. The molecule has 0 atom stereocenters. The molecule has 0 amide bonds. The Morgan fingerprint density at radius 3 is 2.53 bits per heavy atom. The van der Waals surface area contributed by atoms with Crippen molar-refractivity contribution in [1.29, 1.82) is 0 Å². The summed E-state index contributed by atoms with van der Waals surface area (Å²) < 4.78 is 0. The molecule has 1 aliphatic carbocycles. The number of aliphatic hydroxyl groups is 1. The van der Waals surface area contributed by atoms with Gasteiger partial charge in [0, 0.05) is 5.02 Å². The van der Waals surface area contributed by atoms with Gasteiger partial charge < -0.3 is 10.2 Å². The van der Waals surface area contributed by atoms with Crippen LogP contribution in [0.25, 0.3) is 0 Å². The van der Waals surface area contributed by atoms with Gasteiger partial charge in [-0.3, -0.25) is 4.79 Å². The Labute approximate surface area is 105 Å². The Balaban J connectivity index is 2.14. The highest BCUT2D eigenvalue weighted by atomic mass is 35.5. The van der Waals surface area contributed by atoms with E-state index in [0.717, 1.165) is 5.56 Å². The standard InChI is InChI=1S/C13H15ClO3/c14-11-3-1-2-10(8-11)13(17)6-4-9(5-7-13)12(15)16/h1-3,8-9,17H,4-7H2,(H,15,16). The first-order valence-corrected chi connectivity index (χ1v) is 6.10. The van der Waals surface area contributed by atoms with Crippen LogP contribution in [0.15, 0.2) is 24.3 Å². The maximum atomic E-state index is 10.9. The zero-order valence-electron chi connectivity index (χ0n) is 9.40. The van der Waals surface area contributed by atoms with Gasteiger partial charge in [-0.2, -0.15) is 0 Å². The molecule has 17 heavy (non-hydrogen) atoms. The van der Waals surface area contributed by atoms with Crippen molar-refractivity contribution in [2.24, 2.45) is 5.92 Å². The molecule has 4 heteroatoms. The van der Waals surface area contributed by atoms with Crippen molar-refractivity contribution in [3.63, 3.8) is 0 Å². The number of carboxylic acids is 1. The summed E-state index contributed by atoms with van der Waals surface area (Å²) in [5, 5.41) is 20.0. The molecule has 1 aliphatic rings. The molecule has 0 radical (unpaired) electrons. The molecule has 0 unspecified atom stereocenters. The summed E-state index contributed by atoms with van der Waals surface area (Å²) in [6, 6.07) is 7.16. The zero-order valence-corrected chi connectivity index (χ0v) is 10.2. The van der Waals surface area contributed by atoms with E-state index >= 15 is 0 Å². The summed E-state index contributed by atoms with van der Waals surface area (Å²) in [6.45, 7) is 0. The summed E-state index contributed by atoms with van der Waals surface area (Å²) in [7, 11) is 0. The number of carboxylic acid groups (broad SMARTS) is 1. The van der Waals surface area contributed by atoms with E-state index in [1.807, 2.05) is 6.07 Å². The molecule has 0 aliphatic heterocycles. The largest absolute Gasteiger partial charge is 0.481 e. The van der Waals surface area contributed by atoms with Gasteiger partial charge in [0.1, 0.15) is 0 Å². The Morgan fingerprint density at radius 1 is 1.35 bits per heavy atom. The van der Waals surface area contributed by atoms with Gasteiger partial charge in [-0.05, 0) is 43.4 Å². The fourth-order valence-electron chi connectivity index (χ4n) is 2.41. The molecule has 0 aromatic heterocycles. The molecular weight excluding hydrogens is 240 g/mol. The summed E-state index contributed by atoms with van der Waals surface area (Å²) in [4.78, 5) is 10.9. The maximum absolute atomic E-state index is 10.9. The van der Waals surface area contributed by atoms with Crippen molar-refractivity contribution >= 4 is 17.6 Å². The Morgan fingerprint density at radius 2 is 2.00 bits per heavy atom. The minimum absolute atomic E-state index is 0.325. The molecule has 1 fully saturated rings. The molecule has 0 saturated heterocycles. The van der Waals surface area contributed by atoms with Crippen LogP contribution in [0.5, 0.6) is 0 Å². The first-order chi connectivity index (χ1) is 8.01. The second-order valence-electron chi connectivity index (χ2n) is 4.65. The van der Waals surface area contributed by atoms with Crippen molar-refractivity contribution in [2.45, 2.75) is 31.3 Å². The Kier molecular flexibility index (Phi) is 3.40. The van der Waals surface area contributed by atoms with Crippen LogP contribution in [0.4, 0.5) is 0 Å². The second kappa shape index (κ2) is 4.67. The number of aliphatic carboxylic acids is 1. The quantitative estimate of drug-likeness (QED) is 0.853. The Bertz CT molecular complexity index is 422. The zero-order chi connectivity index (χ0) is 12.5. The molecule has 3 nitrogen and oxygen atoms in total. The fourth-order valence-corrected chi connectivity index (χ4v) is 2.60. The number of halogens is 1. The lowest BCUT2D eigenvalue weighted by molar-refractivity contribution is -0.145. The predicted octanol–water partition coefficient (Wildman–Crippen LogP) is 2.80. The van der Waals surface area contributed by atoms with E-state index in [9.17, 15) is 9.90 Å². The predicted molar refractivity (Wildman–Crippen MR) is 64.9 cm³/mol. The summed E-state index contributed by atoms with van der Waals surface area (Å²) in [5.41, 5.74) is -0.134. The first-order valence-electron chi connectivity index (χ1n) is 5.72. The van der Waals surface area contributed by atoms with Crippen LogP contribution in [0.3, 0.4) is 0 Å². The van der Waals surface area contributed by atoms with Crippen LogP contribution in [0.2, 0.25) is 5.02 Å². The van der Waals surface area contributed by atoms with Crippen molar-refractivity contribution < 1.29 is 15.0 Å². The van der Waals surface area contributed by atoms with Crippen LogP contribution in [0, 0.1) is 5.92 Å². The van der Waals surface area contributed by atoms with Gasteiger partial charge in [0.05, 0.1) is 11.5 Å². The van der Waals surface area contributed by atoms with Crippen LogP contribution in [0.1, 0.15) is 31.2 Å². The minimum atomic E-state index is -0.920. The molecule has 2 N–H and O–H groups in total. The lowest BCUT2D eigenvalue weighted by Gasteiger charge is -2.35. The van der Waals surface area contributed by atoms with Crippen LogP contribution in [-0.2, 0) is 10.4 Å². The third kappa shape index (κ3) is 2.61. The summed E-state index contributed by atoms with van der Waals surface area (Å²) >= 11 is 5.90. The molecule has 0 bridgehead atoms. The van der Waals surface area contributed by atoms with E-state index in [1.165, 1.54) is 0 Å². The maximum Gasteiger partial charge on any atom is 0.306 e. The normalized spacial score (nSPS) is 28.9. The van der Waals surface area contributed by atoms with E-state index in [1.54, 1.807) is 18.2 Å². The van der Waals surface area contributed by atoms with Gasteiger partial charge in [0.2, 0.25) is 0 Å². The van der Waals surface area contributed by atoms with Gasteiger partial charge in [-0.15, -0.1) is 0 Å². The van der Waals surface area contributed by atoms with E-state index in [2.05, 4.69) is 0 Å². The van der Waals surface area contributed by atoms with Crippen LogP contribution < -0.4 is 0 Å². The molecule has 2 rings (SSSR count). The van der Waals surface area contributed by atoms with Gasteiger partial charge in [-0.25, -0.2) is 0 Å². The molecule has 0 spiro atoms. The third-order valence-corrected chi connectivity index (χ3v) is 3.76. The number of carbonyl (C=O) groups is 1. The van der Waals surface area contributed by atoms with Crippen molar-refractivity contribution in [3.8, 4) is 0 Å². The van der Waals surface area contributed by atoms with Crippen LogP contribution >= 0.6 is 11.6 Å². The molecule has 1 saturated carbocycles. The van der Waals surface area contributed by atoms with Gasteiger partial charge in [0.25, 0.3) is 0 Å². The van der Waals surface area contributed by atoms with E-state index in [-0.39, 0.29) is 5.92 Å². The van der Waals surface area contributed by atoms with E-state index in [0.29, 0.717) is 30.7 Å². The number of hydrogen-bond donors (Lipinski definition) is 2. The Hall–Kier alpha value is -1.06. The highest BCUT2D eigenvalue weighted by molar-refractivity contribution is 6.30. The van der Waals surface area contributed by atoms with E-state index in [4.69, 9.17) is 16.7 Å². The second-order valence-corrected chi connectivity index (χ2v) is 5.09. The van der Waals surface area contributed by atoms with Gasteiger partial charge in [-0.1, -0.05) is 23.7 Å². The van der Waals surface area contributed by atoms with Crippen molar-refractivity contribution in [1.82, 2.24) is 0 Å². The highest BCUT2D eigenvalue weighted by Crippen LogP contribution is 2.40. The van der Waals surface area contributed by atoms with Gasteiger partial charge in [0.15, 0.2) is 0 Å². The first kappa shape index (κ1) is 12.4. The van der Waals surface area contributed by atoms with Crippen molar-refractivity contribution in [2.75, 3.05) is 0 Å². The van der Waals surface area contributed by atoms with Crippen molar-refractivity contribution in [3.05, 3.63) is 34.9 Å². The smallest absolute Gasteiger partial charge is 0.306 e. The van der Waals surface area contributed by atoms with E-state index < -0.39 is 11.6 Å². The molecular formula is C13H15ClO3.